The fraction of sp³-hybridized carbons (Fsp3) is 0.333. The van der Waals surface area contributed by atoms with Gasteiger partial charge in [0.2, 0.25) is 5.88 Å². The standard InChI is InChI=1S/C18H20FN5O3S/c1-23(2)8-9-24(18-22-15-11(19)6-5-7-13(15)28-18)16(25)12-10-14(26-3)21-17(20-12)27-4/h5-7,10H,8-9H2,1-4H3. The van der Waals surface area contributed by atoms with E-state index >= 15 is 0 Å². The van der Waals surface area contributed by atoms with E-state index in [-0.39, 0.29) is 23.1 Å². The van der Waals surface area contributed by atoms with Crippen LogP contribution in [0.3, 0.4) is 0 Å². The Labute approximate surface area is 165 Å². The number of thiazole rings is 1. The van der Waals surface area contributed by atoms with Crippen LogP contribution in [0.4, 0.5) is 9.52 Å². The molecule has 0 aliphatic carbocycles. The van der Waals surface area contributed by atoms with E-state index in [0.717, 1.165) is 0 Å². The number of ether oxygens (including phenoxy) is 2. The lowest BCUT2D eigenvalue weighted by molar-refractivity contribution is 0.0978. The zero-order valence-electron chi connectivity index (χ0n) is 16.0. The molecule has 0 saturated carbocycles. The van der Waals surface area contributed by atoms with Crippen molar-refractivity contribution >= 4 is 32.6 Å². The summed E-state index contributed by atoms with van der Waals surface area (Å²) in [5.74, 6) is -0.621. The van der Waals surface area contributed by atoms with Crippen LogP contribution < -0.4 is 14.4 Å². The number of likely N-dealkylation sites (N-methyl/N-ethyl adjacent to an activating group) is 1. The Kier molecular flexibility index (Phi) is 6.00. The molecule has 2 heterocycles. The molecule has 3 rings (SSSR count). The first kappa shape index (κ1) is 19.9. The predicted molar refractivity (Wildman–Crippen MR) is 105 cm³/mol. The highest BCUT2D eigenvalue weighted by atomic mass is 32.1. The number of nitrogens with zero attached hydrogens (tertiary/aromatic N) is 5. The van der Waals surface area contributed by atoms with E-state index in [1.807, 2.05) is 19.0 Å². The number of carbonyl (C=O) groups excluding carboxylic acids is 1. The van der Waals surface area contributed by atoms with Gasteiger partial charge in [0.15, 0.2) is 5.13 Å². The first-order chi connectivity index (χ1) is 13.4. The van der Waals surface area contributed by atoms with Crippen LogP contribution in [0.5, 0.6) is 11.9 Å². The average molecular weight is 405 g/mol. The number of carbonyl (C=O) groups is 1. The number of amides is 1. The van der Waals surface area contributed by atoms with Gasteiger partial charge in [-0.15, -0.1) is 0 Å². The molecule has 28 heavy (non-hydrogen) atoms. The third-order valence-corrected chi connectivity index (χ3v) is 4.94. The Hall–Kier alpha value is -2.85. The second-order valence-electron chi connectivity index (χ2n) is 6.13. The average Bonchev–Trinajstić information content (AvgIpc) is 3.12. The van der Waals surface area contributed by atoms with Crippen LogP contribution in [0, 0.1) is 5.82 Å². The predicted octanol–water partition coefficient (Wildman–Crippen LogP) is 2.45. The minimum absolute atomic E-state index is 0.0191. The highest BCUT2D eigenvalue weighted by Crippen LogP contribution is 2.31. The summed E-state index contributed by atoms with van der Waals surface area (Å²) in [6.45, 7) is 0.936. The van der Waals surface area contributed by atoms with Crippen LogP contribution >= 0.6 is 11.3 Å². The Bertz CT molecular complexity index is 972. The second kappa shape index (κ2) is 8.44. The monoisotopic (exact) mass is 405 g/mol. The maximum absolute atomic E-state index is 14.1. The molecule has 3 aromatic rings. The van der Waals surface area contributed by atoms with Gasteiger partial charge in [-0.05, 0) is 26.2 Å². The Morgan fingerprint density at radius 3 is 2.57 bits per heavy atom. The van der Waals surface area contributed by atoms with Crippen molar-refractivity contribution in [3.8, 4) is 11.9 Å². The molecule has 0 N–H and O–H groups in total. The topological polar surface area (TPSA) is 80.7 Å². The molecule has 0 bridgehead atoms. The van der Waals surface area contributed by atoms with Crippen molar-refractivity contribution < 1.29 is 18.7 Å². The van der Waals surface area contributed by atoms with Gasteiger partial charge in [-0.2, -0.15) is 9.97 Å². The largest absolute Gasteiger partial charge is 0.481 e. The molecule has 0 unspecified atom stereocenters. The maximum Gasteiger partial charge on any atom is 0.320 e. The van der Waals surface area contributed by atoms with E-state index in [9.17, 15) is 9.18 Å². The van der Waals surface area contributed by atoms with Crippen LogP contribution in [0.15, 0.2) is 24.3 Å². The summed E-state index contributed by atoms with van der Waals surface area (Å²) in [6, 6.07) is 6.18. The first-order valence-electron chi connectivity index (χ1n) is 8.41. The maximum atomic E-state index is 14.1. The summed E-state index contributed by atoms with van der Waals surface area (Å²) in [7, 11) is 6.65. The van der Waals surface area contributed by atoms with Crippen LogP contribution in [0.1, 0.15) is 10.5 Å². The molecule has 1 aromatic carbocycles. The summed E-state index contributed by atoms with van der Waals surface area (Å²) in [5, 5.41) is 0.392. The molecule has 0 aliphatic rings. The zero-order valence-corrected chi connectivity index (χ0v) is 16.8. The number of rotatable bonds is 7. The molecule has 0 radical (unpaired) electrons. The van der Waals surface area contributed by atoms with E-state index in [1.165, 1.54) is 42.6 Å². The van der Waals surface area contributed by atoms with Gasteiger partial charge >= 0.3 is 6.01 Å². The number of benzene rings is 1. The van der Waals surface area contributed by atoms with Gasteiger partial charge in [0.05, 0.1) is 18.9 Å². The molecule has 0 saturated heterocycles. The Balaban J connectivity index is 2.03. The lowest BCUT2D eigenvalue weighted by Gasteiger charge is -2.21. The minimum Gasteiger partial charge on any atom is -0.481 e. The van der Waals surface area contributed by atoms with Gasteiger partial charge in [-0.25, -0.2) is 9.37 Å². The normalized spacial score (nSPS) is 11.1. The summed E-state index contributed by atoms with van der Waals surface area (Å²) in [5.41, 5.74) is 0.338. The highest BCUT2D eigenvalue weighted by molar-refractivity contribution is 7.22. The molecule has 0 spiro atoms. The third kappa shape index (κ3) is 4.18. The van der Waals surface area contributed by atoms with Crippen LogP contribution in [0.25, 0.3) is 10.2 Å². The summed E-state index contributed by atoms with van der Waals surface area (Å²) >= 11 is 1.24. The van der Waals surface area contributed by atoms with Gasteiger partial charge < -0.3 is 14.4 Å². The molecule has 0 atom stereocenters. The van der Waals surface area contributed by atoms with Crippen LogP contribution in [-0.2, 0) is 0 Å². The summed E-state index contributed by atoms with van der Waals surface area (Å²) in [4.78, 5) is 29.1. The number of anilines is 1. The first-order valence-corrected chi connectivity index (χ1v) is 9.23. The fourth-order valence-corrected chi connectivity index (χ4v) is 3.45. The van der Waals surface area contributed by atoms with E-state index in [0.29, 0.717) is 22.9 Å². The van der Waals surface area contributed by atoms with Crippen molar-refractivity contribution in [2.45, 2.75) is 0 Å². The van der Waals surface area contributed by atoms with E-state index < -0.39 is 11.7 Å². The van der Waals surface area contributed by atoms with Crippen LogP contribution in [0.2, 0.25) is 0 Å². The number of hydrogen-bond acceptors (Lipinski definition) is 8. The number of halogens is 1. The van der Waals surface area contributed by atoms with E-state index in [1.54, 1.807) is 12.1 Å². The SMILES string of the molecule is COc1cc(C(=O)N(CCN(C)C)c2nc3c(F)cccc3s2)nc(OC)n1. The van der Waals surface area contributed by atoms with Gasteiger partial charge in [0.25, 0.3) is 5.91 Å². The van der Waals surface area contributed by atoms with Crippen molar-refractivity contribution in [3.63, 3.8) is 0 Å². The van der Waals surface area contributed by atoms with Crippen molar-refractivity contribution in [1.82, 2.24) is 19.9 Å². The zero-order chi connectivity index (χ0) is 20.3. The number of fused-ring (bicyclic) bond motifs is 1. The molecular weight excluding hydrogens is 385 g/mol. The summed E-state index contributed by atoms with van der Waals surface area (Å²) in [6.07, 6.45) is 0. The smallest absolute Gasteiger partial charge is 0.320 e. The molecule has 1 amide bonds. The molecular formula is C18H20FN5O3S. The number of para-hydroxylation sites is 1. The Morgan fingerprint density at radius 2 is 1.93 bits per heavy atom. The van der Waals surface area contributed by atoms with Gasteiger partial charge in [-0.3, -0.25) is 9.69 Å². The number of methoxy groups -OCH3 is 2. The molecule has 0 aliphatic heterocycles. The van der Waals surface area contributed by atoms with E-state index in [4.69, 9.17) is 9.47 Å². The summed E-state index contributed by atoms with van der Waals surface area (Å²) < 4.78 is 24.9. The fourth-order valence-electron chi connectivity index (χ4n) is 2.45. The quantitative estimate of drug-likeness (QED) is 0.597. The molecule has 2 aromatic heterocycles. The van der Waals surface area contributed by atoms with E-state index in [2.05, 4.69) is 15.0 Å². The lowest BCUT2D eigenvalue weighted by Crippen LogP contribution is -2.37. The van der Waals surface area contributed by atoms with Crippen molar-refractivity contribution in [3.05, 3.63) is 35.8 Å². The molecule has 8 nitrogen and oxygen atoms in total. The number of aromatic nitrogens is 3. The molecule has 10 heteroatoms. The number of hydrogen-bond donors (Lipinski definition) is 0. The third-order valence-electron chi connectivity index (χ3n) is 3.90. The van der Waals surface area contributed by atoms with Gasteiger partial charge in [0.1, 0.15) is 17.0 Å². The molecule has 0 fully saturated rings. The van der Waals surface area contributed by atoms with Crippen LogP contribution in [-0.4, -0.2) is 67.2 Å². The van der Waals surface area contributed by atoms with Crippen molar-refractivity contribution in [1.29, 1.82) is 0 Å². The van der Waals surface area contributed by atoms with Crippen molar-refractivity contribution in [2.75, 3.05) is 46.3 Å². The van der Waals surface area contributed by atoms with Crippen molar-refractivity contribution in [2.24, 2.45) is 0 Å². The van der Waals surface area contributed by atoms with Gasteiger partial charge in [-0.1, -0.05) is 17.4 Å². The second-order valence-corrected chi connectivity index (χ2v) is 7.13. The minimum atomic E-state index is -0.426. The lowest BCUT2D eigenvalue weighted by atomic mass is 10.3. The Morgan fingerprint density at radius 1 is 1.14 bits per heavy atom. The highest BCUT2D eigenvalue weighted by Gasteiger charge is 2.24. The molecule has 148 valence electrons. The van der Waals surface area contributed by atoms with Gasteiger partial charge in [0, 0.05) is 19.2 Å².